The Morgan fingerprint density at radius 2 is 1.96 bits per heavy atom. The molecule has 2 aromatic rings. The van der Waals surface area contributed by atoms with Gasteiger partial charge in [-0.3, -0.25) is 9.59 Å². The fourth-order valence-corrected chi connectivity index (χ4v) is 2.31. The molecule has 0 spiro atoms. The van der Waals surface area contributed by atoms with Gasteiger partial charge in [-0.05, 0) is 31.0 Å². The predicted molar refractivity (Wildman–Crippen MR) is 91.4 cm³/mol. The van der Waals surface area contributed by atoms with Gasteiger partial charge in [-0.25, -0.2) is 0 Å². The number of likely N-dealkylation sites (N-methyl/N-ethyl adjacent to an activating group) is 1. The van der Waals surface area contributed by atoms with Crippen LogP contribution in [-0.2, 0) is 16.0 Å². The van der Waals surface area contributed by atoms with Crippen molar-refractivity contribution >= 4 is 17.5 Å². The Labute approximate surface area is 141 Å². The molecule has 1 aromatic carbocycles. The summed E-state index contributed by atoms with van der Waals surface area (Å²) in [6.07, 6.45) is 3.11. The molecule has 24 heavy (non-hydrogen) atoms. The molecule has 0 aliphatic rings. The molecule has 0 fully saturated rings. The largest absolute Gasteiger partial charge is 0.364 e. The summed E-state index contributed by atoms with van der Waals surface area (Å²) < 4.78 is 4.82. The molecule has 2 amide bonds. The summed E-state index contributed by atoms with van der Waals surface area (Å²) in [7, 11) is 1.75. The minimum Gasteiger partial charge on any atom is -0.364 e. The Hall–Kier alpha value is -2.63. The SMILES string of the molecule is CCCC(=O)Nc1ccc(CC(=O)N(C)[C@@H](C)c2ccon2)cc1. The lowest BCUT2D eigenvalue weighted by molar-refractivity contribution is -0.131. The molecule has 0 aliphatic heterocycles. The van der Waals surface area contributed by atoms with Crippen LogP contribution >= 0.6 is 0 Å². The number of carbonyl (C=O) groups is 2. The standard InChI is InChI=1S/C18H23N3O3/c1-4-5-17(22)19-15-8-6-14(7-9-15)12-18(23)21(3)13(2)16-10-11-24-20-16/h6-11,13H,4-5,12H2,1-3H3,(H,19,22)/t13-/m0/s1. The first-order valence-corrected chi connectivity index (χ1v) is 8.06. The maximum atomic E-state index is 12.4. The van der Waals surface area contributed by atoms with Crippen LogP contribution in [0.5, 0.6) is 0 Å². The van der Waals surface area contributed by atoms with Crippen LogP contribution in [0.1, 0.15) is 44.0 Å². The molecule has 0 saturated carbocycles. The molecule has 0 saturated heterocycles. The highest BCUT2D eigenvalue weighted by atomic mass is 16.5. The molecule has 128 valence electrons. The summed E-state index contributed by atoms with van der Waals surface area (Å²) >= 11 is 0. The number of aromatic nitrogens is 1. The minimum atomic E-state index is -0.149. The van der Waals surface area contributed by atoms with Gasteiger partial charge in [-0.15, -0.1) is 0 Å². The van der Waals surface area contributed by atoms with Gasteiger partial charge in [-0.2, -0.15) is 0 Å². The van der Waals surface area contributed by atoms with Crippen molar-refractivity contribution in [2.45, 2.75) is 39.2 Å². The molecule has 1 atom stereocenters. The van der Waals surface area contributed by atoms with Crippen LogP contribution in [0.25, 0.3) is 0 Å². The topological polar surface area (TPSA) is 75.4 Å². The molecule has 0 unspecified atom stereocenters. The molecule has 0 bridgehead atoms. The Morgan fingerprint density at radius 1 is 1.25 bits per heavy atom. The third-order valence-corrected chi connectivity index (χ3v) is 3.93. The van der Waals surface area contributed by atoms with E-state index in [0.29, 0.717) is 12.8 Å². The number of hydrogen-bond acceptors (Lipinski definition) is 4. The second-order valence-electron chi connectivity index (χ2n) is 5.78. The Balaban J connectivity index is 1.93. The van der Waals surface area contributed by atoms with Gasteiger partial charge in [0.1, 0.15) is 12.0 Å². The van der Waals surface area contributed by atoms with E-state index < -0.39 is 0 Å². The van der Waals surface area contributed by atoms with Gasteiger partial charge in [0.15, 0.2) is 0 Å². The lowest BCUT2D eigenvalue weighted by Crippen LogP contribution is -2.31. The third-order valence-electron chi connectivity index (χ3n) is 3.93. The van der Waals surface area contributed by atoms with Crippen LogP contribution in [0.15, 0.2) is 41.1 Å². The highest BCUT2D eigenvalue weighted by molar-refractivity contribution is 5.90. The third kappa shape index (κ3) is 4.68. The van der Waals surface area contributed by atoms with E-state index in [9.17, 15) is 9.59 Å². The number of carbonyl (C=O) groups excluding carboxylic acids is 2. The first-order valence-electron chi connectivity index (χ1n) is 8.06. The van der Waals surface area contributed by atoms with Crippen LogP contribution in [-0.4, -0.2) is 28.9 Å². The van der Waals surface area contributed by atoms with Crippen LogP contribution in [0, 0.1) is 0 Å². The van der Waals surface area contributed by atoms with Crippen LogP contribution in [0.3, 0.4) is 0 Å². The van der Waals surface area contributed by atoms with Crippen molar-refractivity contribution in [1.29, 1.82) is 0 Å². The number of rotatable bonds is 7. The second kappa shape index (κ2) is 8.29. The van der Waals surface area contributed by atoms with Crippen LogP contribution in [0.2, 0.25) is 0 Å². The molecular formula is C18H23N3O3. The van der Waals surface area contributed by atoms with Crippen molar-refractivity contribution in [1.82, 2.24) is 10.1 Å². The molecular weight excluding hydrogens is 306 g/mol. The molecule has 1 aromatic heterocycles. The minimum absolute atomic E-state index is 0.00231. The number of nitrogens with zero attached hydrogens (tertiary/aromatic N) is 2. The highest BCUT2D eigenvalue weighted by Gasteiger charge is 2.19. The lowest BCUT2D eigenvalue weighted by Gasteiger charge is -2.23. The summed E-state index contributed by atoms with van der Waals surface area (Å²) in [5, 5.41) is 6.70. The Kier molecular flexibility index (Phi) is 6.12. The quantitative estimate of drug-likeness (QED) is 0.846. The van der Waals surface area contributed by atoms with E-state index in [-0.39, 0.29) is 17.9 Å². The van der Waals surface area contributed by atoms with Crippen molar-refractivity contribution in [2.24, 2.45) is 0 Å². The van der Waals surface area contributed by atoms with E-state index >= 15 is 0 Å². The molecule has 2 rings (SSSR count). The van der Waals surface area contributed by atoms with E-state index in [4.69, 9.17) is 4.52 Å². The summed E-state index contributed by atoms with van der Waals surface area (Å²) in [6, 6.07) is 8.95. The average molecular weight is 329 g/mol. The molecule has 6 nitrogen and oxygen atoms in total. The predicted octanol–water partition coefficient (Wildman–Crippen LogP) is 3.18. The van der Waals surface area contributed by atoms with Crippen molar-refractivity contribution in [3.05, 3.63) is 47.9 Å². The number of benzene rings is 1. The summed E-state index contributed by atoms with van der Waals surface area (Å²) in [5.74, 6) is -0.00392. The fraction of sp³-hybridized carbons (Fsp3) is 0.389. The zero-order chi connectivity index (χ0) is 17.5. The molecule has 0 aliphatic carbocycles. The smallest absolute Gasteiger partial charge is 0.227 e. The molecule has 0 radical (unpaired) electrons. The van der Waals surface area contributed by atoms with Gasteiger partial charge in [0, 0.05) is 25.2 Å². The zero-order valence-corrected chi connectivity index (χ0v) is 14.3. The average Bonchev–Trinajstić information content (AvgIpc) is 3.10. The molecule has 6 heteroatoms. The molecule has 1 N–H and O–H groups in total. The van der Waals surface area contributed by atoms with E-state index in [0.717, 1.165) is 23.4 Å². The maximum absolute atomic E-state index is 12.4. The van der Waals surface area contributed by atoms with Gasteiger partial charge in [0.05, 0.1) is 12.5 Å². The zero-order valence-electron chi connectivity index (χ0n) is 14.3. The van der Waals surface area contributed by atoms with E-state index in [1.54, 1.807) is 18.0 Å². The van der Waals surface area contributed by atoms with Crippen molar-refractivity contribution in [2.75, 3.05) is 12.4 Å². The van der Waals surface area contributed by atoms with Crippen molar-refractivity contribution < 1.29 is 14.1 Å². The van der Waals surface area contributed by atoms with Gasteiger partial charge in [0.2, 0.25) is 11.8 Å². The second-order valence-corrected chi connectivity index (χ2v) is 5.78. The van der Waals surface area contributed by atoms with Crippen LogP contribution in [0.4, 0.5) is 5.69 Å². The summed E-state index contributed by atoms with van der Waals surface area (Å²) in [5.41, 5.74) is 2.36. The fourth-order valence-electron chi connectivity index (χ4n) is 2.31. The Morgan fingerprint density at radius 3 is 2.54 bits per heavy atom. The first kappa shape index (κ1) is 17.7. The lowest BCUT2D eigenvalue weighted by atomic mass is 10.1. The van der Waals surface area contributed by atoms with E-state index in [1.807, 2.05) is 38.1 Å². The van der Waals surface area contributed by atoms with Crippen LogP contribution < -0.4 is 5.32 Å². The van der Waals surface area contributed by atoms with Gasteiger partial charge >= 0.3 is 0 Å². The maximum Gasteiger partial charge on any atom is 0.227 e. The highest BCUT2D eigenvalue weighted by Crippen LogP contribution is 2.18. The number of nitrogens with one attached hydrogen (secondary N) is 1. The number of hydrogen-bond donors (Lipinski definition) is 1. The van der Waals surface area contributed by atoms with E-state index in [1.165, 1.54) is 6.26 Å². The normalized spacial score (nSPS) is 11.8. The Bertz CT molecular complexity index is 665. The monoisotopic (exact) mass is 329 g/mol. The number of anilines is 1. The van der Waals surface area contributed by atoms with Crippen molar-refractivity contribution in [3.8, 4) is 0 Å². The van der Waals surface area contributed by atoms with Gasteiger partial charge in [-0.1, -0.05) is 24.2 Å². The molecule has 1 heterocycles. The summed E-state index contributed by atoms with van der Waals surface area (Å²) in [6.45, 7) is 3.87. The first-order chi connectivity index (χ1) is 11.5. The van der Waals surface area contributed by atoms with Gasteiger partial charge < -0.3 is 14.7 Å². The summed E-state index contributed by atoms with van der Waals surface area (Å²) in [4.78, 5) is 25.6. The van der Waals surface area contributed by atoms with E-state index in [2.05, 4.69) is 10.5 Å². The van der Waals surface area contributed by atoms with Gasteiger partial charge in [0.25, 0.3) is 0 Å². The number of amides is 2. The van der Waals surface area contributed by atoms with Crippen molar-refractivity contribution in [3.63, 3.8) is 0 Å².